The van der Waals surface area contributed by atoms with E-state index in [9.17, 15) is 0 Å². The first-order chi connectivity index (χ1) is 6.52. The predicted molar refractivity (Wildman–Crippen MR) is 67.9 cm³/mol. The van der Waals surface area contributed by atoms with Gasteiger partial charge in [0.2, 0.25) is 0 Å². The van der Waals surface area contributed by atoms with E-state index in [-0.39, 0.29) is 0 Å². The fourth-order valence-corrected chi connectivity index (χ4v) is 3.99. The van der Waals surface area contributed by atoms with Gasteiger partial charge < -0.3 is 0 Å². The number of hydrogen-bond donors (Lipinski definition) is 0. The molecule has 0 unspecified atom stereocenters. The zero-order valence-electron chi connectivity index (χ0n) is 10.7. The van der Waals surface area contributed by atoms with E-state index in [1.54, 1.807) is 0 Å². The molecule has 0 heterocycles. The van der Waals surface area contributed by atoms with E-state index in [2.05, 4.69) is 38.0 Å². The van der Waals surface area contributed by atoms with Crippen LogP contribution in [-0.4, -0.2) is 75.5 Å². The van der Waals surface area contributed by atoms with Gasteiger partial charge in [-0.15, -0.1) is 0 Å². The standard InChI is InChI=1S/C11H25N2.In.2H/c1-12(2)10-8-6-5-7-9-11-13(3)4;;;/h5H,6-11H2,1-4H3;;;. The van der Waals surface area contributed by atoms with Crippen LogP contribution in [0.2, 0.25) is 3.67 Å². The zero-order valence-corrected chi connectivity index (χ0v) is 16.4. The summed E-state index contributed by atoms with van der Waals surface area (Å²) in [5, 5.41) is 0. The van der Waals surface area contributed by atoms with Crippen molar-refractivity contribution in [3.8, 4) is 0 Å². The van der Waals surface area contributed by atoms with Crippen LogP contribution in [0.4, 0.5) is 0 Å². The third kappa shape index (κ3) is 10.9. The maximum atomic E-state index is 2.29. The van der Waals surface area contributed by atoms with Gasteiger partial charge in [0.25, 0.3) is 0 Å². The first-order valence-electron chi connectivity index (χ1n) is 5.82. The van der Waals surface area contributed by atoms with E-state index in [0.717, 1.165) is 28.0 Å². The van der Waals surface area contributed by atoms with Gasteiger partial charge in [-0.3, -0.25) is 0 Å². The number of hydrogen-bond acceptors (Lipinski definition) is 2. The molecule has 0 N–H and O–H groups in total. The molecule has 3 heteroatoms. The fourth-order valence-electron chi connectivity index (χ4n) is 1.66. The molecule has 0 saturated heterocycles. The molecular weight excluding hydrogens is 275 g/mol. The summed E-state index contributed by atoms with van der Waals surface area (Å²) in [5.41, 5.74) is 0. The molecule has 0 aromatic heterocycles. The van der Waals surface area contributed by atoms with Crippen molar-refractivity contribution < 1.29 is 0 Å². The van der Waals surface area contributed by atoms with E-state index in [1.165, 1.54) is 38.8 Å². The van der Waals surface area contributed by atoms with Crippen LogP contribution in [0.25, 0.3) is 0 Å². The summed E-state index contributed by atoms with van der Waals surface area (Å²) in [6.07, 6.45) is 5.74. The molecule has 14 heavy (non-hydrogen) atoms. The molecule has 0 bridgehead atoms. The molecule has 0 fully saturated rings. The second kappa shape index (κ2) is 9.05. The van der Waals surface area contributed by atoms with Crippen LogP contribution in [0, 0.1) is 0 Å². The third-order valence-electron chi connectivity index (χ3n) is 2.60. The predicted octanol–water partition coefficient (Wildman–Crippen LogP) is 1.09. The Bertz CT molecular complexity index is 112. The molecule has 0 spiro atoms. The topological polar surface area (TPSA) is 6.48 Å². The van der Waals surface area contributed by atoms with Crippen LogP contribution in [0.5, 0.6) is 0 Å². The maximum absolute atomic E-state index is 2.29. The van der Waals surface area contributed by atoms with E-state index in [4.69, 9.17) is 0 Å². The summed E-state index contributed by atoms with van der Waals surface area (Å²) in [7, 11) is 8.67. The Kier molecular flexibility index (Phi) is 9.56. The van der Waals surface area contributed by atoms with Crippen molar-refractivity contribution in [2.75, 3.05) is 41.3 Å². The van der Waals surface area contributed by atoms with Crippen LogP contribution in [0.3, 0.4) is 0 Å². The molecule has 0 aromatic rings. The average molecular weight is 302 g/mol. The first-order valence-corrected chi connectivity index (χ1v) is 9.11. The van der Waals surface area contributed by atoms with Gasteiger partial charge in [-0.05, 0) is 0 Å². The molecule has 0 aliphatic rings. The number of nitrogens with zero attached hydrogens (tertiary/aromatic N) is 2. The summed E-state index contributed by atoms with van der Waals surface area (Å²) < 4.78 is 1.11. The molecule has 0 atom stereocenters. The van der Waals surface area contributed by atoms with Crippen molar-refractivity contribution in [3.05, 3.63) is 0 Å². The Labute approximate surface area is 105 Å². The summed E-state index contributed by atoms with van der Waals surface area (Å²) in [5.74, 6) is 0. The molecule has 0 radical (unpaired) electrons. The number of rotatable bonds is 8. The van der Waals surface area contributed by atoms with Crippen LogP contribution in [-0.2, 0) is 0 Å². The quantitative estimate of drug-likeness (QED) is 0.662. The van der Waals surface area contributed by atoms with Crippen molar-refractivity contribution in [1.29, 1.82) is 0 Å². The summed E-state index contributed by atoms with van der Waals surface area (Å²) in [4.78, 5) is 4.59. The van der Waals surface area contributed by atoms with Crippen molar-refractivity contribution >= 4 is 24.4 Å². The Morgan fingerprint density at radius 2 is 1.21 bits per heavy atom. The van der Waals surface area contributed by atoms with Gasteiger partial charge in [0.1, 0.15) is 0 Å². The van der Waals surface area contributed by atoms with E-state index < -0.39 is 0 Å². The monoisotopic (exact) mass is 302 g/mol. The van der Waals surface area contributed by atoms with E-state index in [0.29, 0.717) is 0 Å². The molecule has 84 valence electrons. The van der Waals surface area contributed by atoms with Crippen LogP contribution in [0.1, 0.15) is 25.7 Å². The molecule has 2 nitrogen and oxygen atoms in total. The minimum atomic E-state index is 0.856. The Morgan fingerprint density at radius 3 is 1.50 bits per heavy atom. The van der Waals surface area contributed by atoms with Gasteiger partial charge in [0.05, 0.1) is 0 Å². The van der Waals surface area contributed by atoms with Crippen molar-refractivity contribution in [2.45, 2.75) is 29.4 Å². The van der Waals surface area contributed by atoms with Crippen molar-refractivity contribution in [1.82, 2.24) is 9.80 Å². The normalized spacial score (nSPS) is 11.9. The van der Waals surface area contributed by atoms with Gasteiger partial charge >= 0.3 is 105 Å². The van der Waals surface area contributed by atoms with Crippen LogP contribution < -0.4 is 0 Å². The second-order valence-electron chi connectivity index (χ2n) is 5.00. The molecule has 0 rings (SSSR count). The Balaban J connectivity index is 3.23. The SMILES string of the molecule is CN(C)CCC[CH]([InH2])CCCN(C)C. The molecule has 0 aliphatic carbocycles. The van der Waals surface area contributed by atoms with Gasteiger partial charge in [-0.25, -0.2) is 0 Å². The fraction of sp³-hybridized carbons (Fsp3) is 1.00. The summed E-state index contributed by atoms with van der Waals surface area (Å²) >= 11 is 0.856. The van der Waals surface area contributed by atoms with Crippen molar-refractivity contribution in [3.63, 3.8) is 0 Å². The second-order valence-corrected chi connectivity index (χ2v) is 9.66. The zero-order chi connectivity index (χ0) is 11.0. The molecule has 0 aromatic carbocycles. The van der Waals surface area contributed by atoms with Gasteiger partial charge in [-0.1, -0.05) is 0 Å². The molecular formula is C11H27InN2. The third-order valence-corrected chi connectivity index (χ3v) is 5.90. The van der Waals surface area contributed by atoms with Crippen LogP contribution in [0.15, 0.2) is 0 Å². The molecule has 0 amide bonds. The van der Waals surface area contributed by atoms with Gasteiger partial charge in [0, 0.05) is 0 Å². The minimum absolute atomic E-state index is 0.856. The Morgan fingerprint density at radius 1 is 0.857 bits per heavy atom. The van der Waals surface area contributed by atoms with Gasteiger partial charge in [-0.2, -0.15) is 0 Å². The van der Waals surface area contributed by atoms with E-state index in [1.807, 2.05) is 0 Å². The molecule has 0 saturated carbocycles. The first kappa shape index (κ1) is 14.8. The van der Waals surface area contributed by atoms with Crippen molar-refractivity contribution in [2.24, 2.45) is 0 Å². The van der Waals surface area contributed by atoms with Gasteiger partial charge in [0.15, 0.2) is 0 Å². The molecule has 0 aliphatic heterocycles. The van der Waals surface area contributed by atoms with Crippen LogP contribution >= 0.6 is 0 Å². The summed E-state index contributed by atoms with van der Waals surface area (Å²) in [6.45, 7) is 2.54. The van der Waals surface area contributed by atoms with E-state index >= 15 is 0 Å². The Hall–Kier alpha value is 0.790. The average Bonchev–Trinajstić information content (AvgIpc) is 2.02. The summed E-state index contributed by atoms with van der Waals surface area (Å²) in [6, 6.07) is 0.